The van der Waals surface area contributed by atoms with Crippen LogP contribution in [0.15, 0.2) is 18.2 Å². The number of nitrogens with zero attached hydrogens (tertiary/aromatic N) is 1. The molecule has 1 aliphatic carbocycles. The molecular weight excluding hydrogens is 208 g/mol. The van der Waals surface area contributed by atoms with Crippen LogP contribution in [0.3, 0.4) is 0 Å². The van der Waals surface area contributed by atoms with Gasteiger partial charge in [-0.1, -0.05) is 13.0 Å². The Labute approximate surface area is 104 Å². The second-order valence-corrected chi connectivity index (χ2v) is 5.09. The van der Waals surface area contributed by atoms with Gasteiger partial charge in [0.2, 0.25) is 0 Å². The molecule has 2 nitrogen and oxygen atoms in total. The van der Waals surface area contributed by atoms with Crippen LogP contribution >= 0.6 is 0 Å². The molecule has 17 heavy (non-hydrogen) atoms. The average molecular weight is 228 g/mol. The van der Waals surface area contributed by atoms with Crippen LogP contribution in [0.4, 0.5) is 0 Å². The van der Waals surface area contributed by atoms with E-state index in [-0.39, 0.29) is 0 Å². The normalized spacial score (nSPS) is 17.2. The lowest BCUT2D eigenvalue weighted by Crippen LogP contribution is -2.49. The van der Waals surface area contributed by atoms with Gasteiger partial charge in [0.15, 0.2) is 0 Å². The van der Waals surface area contributed by atoms with E-state index in [2.05, 4.69) is 31.3 Å². The third-order valence-electron chi connectivity index (χ3n) is 4.11. The Morgan fingerprint density at radius 3 is 2.65 bits per heavy atom. The van der Waals surface area contributed by atoms with Crippen molar-refractivity contribution in [2.75, 3.05) is 0 Å². The third-order valence-corrected chi connectivity index (χ3v) is 4.11. The minimum atomic E-state index is 0.389. The molecule has 0 atom stereocenters. The van der Waals surface area contributed by atoms with E-state index in [9.17, 15) is 0 Å². The third kappa shape index (κ3) is 2.50. The van der Waals surface area contributed by atoms with E-state index in [1.54, 1.807) is 0 Å². The highest BCUT2D eigenvalue weighted by atomic mass is 15.0. The molecule has 2 rings (SSSR count). The fourth-order valence-electron chi connectivity index (χ4n) is 2.51. The van der Waals surface area contributed by atoms with Gasteiger partial charge in [-0.15, -0.1) is 0 Å². The maximum absolute atomic E-state index is 8.83. The summed E-state index contributed by atoms with van der Waals surface area (Å²) < 4.78 is 0. The van der Waals surface area contributed by atoms with Gasteiger partial charge in [-0.2, -0.15) is 5.26 Å². The van der Waals surface area contributed by atoms with Crippen LogP contribution in [0.5, 0.6) is 0 Å². The van der Waals surface area contributed by atoms with Crippen molar-refractivity contribution in [3.05, 3.63) is 34.9 Å². The molecule has 90 valence electrons. The summed E-state index contributed by atoms with van der Waals surface area (Å²) >= 11 is 0. The molecule has 0 radical (unpaired) electrons. The van der Waals surface area contributed by atoms with Gasteiger partial charge in [-0.3, -0.25) is 0 Å². The minimum absolute atomic E-state index is 0.389. The number of nitrogens with one attached hydrogen (secondary N) is 1. The SMILES string of the molecule is CCC1(NCc2ccc(C#N)cc2C)CCC1. The topological polar surface area (TPSA) is 35.8 Å². The highest BCUT2D eigenvalue weighted by Gasteiger charge is 2.34. The van der Waals surface area contributed by atoms with Crippen LogP contribution in [0, 0.1) is 18.3 Å². The molecule has 2 heteroatoms. The number of rotatable bonds is 4. The summed E-state index contributed by atoms with van der Waals surface area (Å²) in [6.45, 7) is 5.26. The molecule has 0 heterocycles. The Morgan fingerprint density at radius 2 is 2.18 bits per heavy atom. The molecule has 0 saturated heterocycles. The first-order valence-corrected chi connectivity index (χ1v) is 6.44. The Hall–Kier alpha value is -1.33. The van der Waals surface area contributed by atoms with Gasteiger partial charge in [-0.25, -0.2) is 0 Å². The molecule has 1 aliphatic rings. The van der Waals surface area contributed by atoms with Gasteiger partial charge in [0, 0.05) is 12.1 Å². The lowest BCUT2D eigenvalue weighted by molar-refractivity contribution is 0.175. The molecule has 1 aromatic rings. The van der Waals surface area contributed by atoms with Crippen LogP contribution < -0.4 is 5.32 Å². The highest BCUT2D eigenvalue weighted by Crippen LogP contribution is 2.34. The molecule has 1 N–H and O–H groups in total. The number of aryl methyl sites for hydroxylation is 1. The smallest absolute Gasteiger partial charge is 0.0991 e. The van der Waals surface area contributed by atoms with Crippen molar-refractivity contribution in [3.8, 4) is 6.07 Å². The maximum Gasteiger partial charge on any atom is 0.0991 e. The molecular formula is C15H20N2. The van der Waals surface area contributed by atoms with E-state index in [1.807, 2.05) is 12.1 Å². The van der Waals surface area contributed by atoms with Crippen LogP contribution in [-0.4, -0.2) is 5.54 Å². The van der Waals surface area contributed by atoms with Crippen molar-refractivity contribution in [2.45, 2.75) is 51.6 Å². The summed E-state index contributed by atoms with van der Waals surface area (Å²) in [4.78, 5) is 0. The summed E-state index contributed by atoms with van der Waals surface area (Å²) in [5.74, 6) is 0. The number of nitriles is 1. The molecule has 0 unspecified atom stereocenters. The van der Waals surface area contributed by atoms with E-state index in [0.717, 1.165) is 12.1 Å². The van der Waals surface area contributed by atoms with E-state index in [1.165, 1.54) is 36.8 Å². The predicted molar refractivity (Wildman–Crippen MR) is 69.6 cm³/mol. The Morgan fingerprint density at radius 1 is 1.41 bits per heavy atom. The van der Waals surface area contributed by atoms with Gasteiger partial charge in [-0.05, 0) is 55.9 Å². The molecule has 0 bridgehead atoms. The zero-order valence-electron chi connectivity index (χ0n) is 10.7. The van der Waals surface area contributed by atoms with Crippen molar-refractivity contribution in [1.29, 1.82) is 5.26 Å². The van der Waals surface area contributed by atoms with Gasteiger partial charge < -0.3 is 5.32 Å². The monoisotopic (exact) mass is 228 g/mol. The number of benzene rings is 1. The van der Waals surface area contributed by atoms with Crippen molar-refractivity contribution in [3.63, 3.8) is 0 Å². The summed E-state index contributed by atoms with van der Waals surface area (Å²) in [6, 6.07) is 8.13. The van der Waals surface area contributed by atoms with Crippen LogP contribution in [-0.2, 0) is 6.54 Å². The largest absolute Gasteiger partial charge is 0.307 e. The zero-order valence-corrected chi connectivity index (χ0v) is 10.7. The highest BCUT2D eigenvalue weighted by molar-refractivity contribution is 5.37. The van der Waals surface area contributed by atoms with E-state index in [4.69, 9.17) is 5.26 Å². The summed E-state index contributed by atoms with van der Waals surface area (Å²) in [7, 11) is 0. The molecule has 1 aromatic carbocycles. The summed E-state index contributed by atoms with van der Waals surface area (Å²) in [5.41, 5.74) is 3.66. The first kappa shape index (κ1) is 12.1. The quantitative estimate of drug-likeness (QED) is 0.858. The molecule has 0 aliphatic heterocycles. The lowest BCUT2D eigenvalue weighted by Gasteiger charge is -2.42. The number of hydrogen-bond acceptors (Lipinski definition) is 2. The van der Waals surface area contributed by atoms with Crippen LogP contribution in [0.1, 0.15) is 49.3 Å². The minimum Gasteiger partial charge on any atom is -0.307 e. The first-order valence-electron chi connectivity index (χ1n) is 6.44. The molecule has 1 saturated carbocycles. The molecule has 0 amide bonds. The summed E-state index contributed by atoms with van der Waals surface area (Å²) in [6.07, 6.45) is 5.17. The van der Waals surface area contributed by atoms with Crippen molar-refractivity contribution >= 4 is 0 Å². The molecule has 0 aromatic heterocycles. The van der Waals surface area contributed by atoms with Crippen LogP contribution in [0.25, 0.3) is 0 Å². The Kier molecular flexibility index (Phi) is 3.49. The van der Waals surface area contributed by atoms with Gasteiger partial charge in [0.1, 0.15) is 0 Å². The predicted octanol–water partition coefficient (Wildman–Crippen LogP) is 3.29. The Bertz CT molecular complexity index is 433. The average Bonchev–Trinajstić information content (AvgIpc) is 2.30. The van der Waals surface area contributed by atoms with E-state index in [0.29, 0.717) is 5.54 Å². The standard InChI is InChI=1S/C15H20N2/c1-3-15(7-4-8-15)17-11-14-6-5-13(10-16)9-12(14)2/h5-6,9,17H,3-4,7-8,11H2,1-2H3. The van der Waals surface area contributed by atoms with Crippen molar-refractivity contribution in [1.82, 2.24) is 5.32 Å². The zero-order chi connectivity index (χ0) is 12.3. The fraction of sp³-hybridized carbons (Fsp3) is 0.533. The van der Waals surface area contributed by atoms with Gasteiger partial charge >= 0.3 is 0 Å². The van der Waals surface area contributed by atoms with Crippen molar-refractivity contribution in [2.24, 2.45) is 0 Å². The number of hydrogen-bond donors (Lipinski definition) is 1. The van der Waals surface area contributed by atoms with Gasteiger partial charge in [0.25, 0.3) is 0 Å². The van der Waals surface area contributed by atoms with Crippen molar-refractivity contribution < 1.29 is 0 Å². The second kappa shape index (κ2) is 4.89. The van der Waals surface area contributed by atoms with E-state index < -0.39 is 0 Å². The fourth-order valence-corrected chi connectivity index (χ4v) is 2.51. The maximum atomic E-state index is 8.83. The second-order valence-electron chi connectivity index (χ2n) is 5.09. The Balaban J connectivity index is 2.02. The molecule has 0 spiro atoms. The summed E-state index contributed by atoms with van der Waals surface area (Å²) in [5, 5.41) is 12.5. The molecule has 1 fully saturated rings. The lowest BCUT2D eigenvalue weighted by atomic mass is 9.75. The van der Waals surface area contributed by atoms with E-state index >= 15 is 0 Å². The van der Waals surface area contributed by atoms with Crippen LogP contribution in [0.2, 0.25) is 0 Å². The first-order chi connectivity index (χ1) is 8.19. The van der Waals surface area contributed by atoms with Gasteiger partial charge in [0.05, 0.1) is 11.6 Å².